The van der Waals surface area contributed by atoms with Crippen LogP contribution in [0, 0.1) is 5.82 Å². The van der Waals surface area contributed by atoms with Gasteiger partial charge in [-0.1, -0.05) is 6.07 Å². The van der Waals surface area contributed by atoms with Crippen molar-refractivity contribution in [3.8, 4) is 11.5 Å². The van der Waals surface area contributed by atoms with Crippen LogP contribution in [0.2, 0.25) is 0 Å². The van der Waals surface area contributed by atoms with Gasteiger partial charge in [-0.05, 0) is 42.5 Å². The predicted molar refractivity (Wildman–Crippen MR) is 101 cm³/mol. The SMILES string of the molecule is COc1ccc(OC)c(Nc2ccc(C(=O)Nc3cccc(F)c3)nc2)c1. The molecule has 0 saturated carbocycles. The molecule has 0 unspecified atom stereocenters. The van der Waals surface area contributed by atoms with Crippen LogP contribution in [0.3, 0.4) is 0 Å². The second kappa shape index (κ2) is 8.18. The number of hydrogen-bond acceptors (Lipinski definition) is 5. The number of amides is 1. The van der Waals surface area contributed by atoms with Crippen LogP contribution in [0.15, 0.2) is 60.8 Å². The van der Waals surface area contributed by atoms with E-state index in [4.69, 9.17) is 9.47 Å². The fourth-order valence-electron chi connectivity index (χ4n) is 2.43. The van der Waals surface area contributed by atoms with Gasteiger partial charge in [0.15, 0.2) is 0 Å². The summed E-state index contributed by atoms with van der Waals surface area (Å²) in [5.74, 6) is 0.472. The molecule has 0 aliphatic carbocycles. The van der Waals surface area contributed by atoms with Crippen LogP contribution < -0.4 is 20.1 Å². The molecule has 0 radical (unpaired) electrons. The highest BCUT2D eigenvalue weighted by Crippen LogP contribution is 2.31. The Balaban J connectivity index is 1.73. The number of hydrogen-bond donors (Lipinski definition) is 2. The Labute approximate surface area is 156 Å². The molecule has 27 heavy (non-hydrogen) atoms. The molecule has 1 aromatic heterocycles. The summed E-state index contributed by atoms with van der Waals surface area (Å²) in [5, 5.41) is 5.78. The zero-order valence-electron chi connectivity index (χ0n) is 14.8. The van der Waals surface area contributed by atoms with Crippen molar-refractivity contribution in [2.24, 2.45) is 0 Å². The van der Waals surface area contributed by atoms with E-state index >= 15 is 0 Å². The number of carbonyl (C=O) groups is 1. The number of halogens is 1. The summed E-state index contributed by atoms with van der Waals surface area (Å²) in [4.78, 5) is 16.4. The lowest BCUT2D eigenvalue weighted by Gasteiger charge is -2.12. The Morgan fingerprint density at radius 1 is 1.00 bits per heavy atom. The molecular formula is C20H18FN3O3. The summed E-state index contributed by atoms with van der Waals surface area (Å²) < 4.78 is 23.7. The van der Waals surface area contributed by atoms with Crippen molar-refractivity contribution in [2.45, 2.75) is 0 Å². The molecule has 7 heteroatoms. The molecule has 6 nitrogen and oxygen atoms in total. The second-order valence-electron chi connectivity index (χ2n) is 5.59. The van der Waals surface area contributed by atoms with Gasteiger partial charge in [0.05, 0.1) is 31.8 Å². The Hall–Kier alpha value is -3.61. The van der Waals surface area contributed by atoms with E-state index < -0.39 is 11.7 Å². The number of aromatic nitrogens is 1. The Morgan fingerprint density at radius 3 is 2.52 bits per heavy atom. The number of carbonyl (C=O) groups excluding carboxylic acids is 1. The van der Waals surface area contributed by atoms with Crippen LogP contribution >= 0.6 is 0 Å². The zero-order valence-corrected chi connectivity index (χ0v) is 14.8. The highest BCUT2D eigenvalue weighted by molar-refractivity contribution is 6.02. The molecule has 0 aliphatic heterocycles. The number of rotatable bonds is 6. The third-order valence-corrected chi connectivity index (χ3v) is 3.76. The minimum Gasteiger partial charge on any atom is -0.497 e. The lowest BCUT2D eigenvalue weighted by Crippen LogP contribution is -2.13. The topological polar surface area (TPSA) is 72.5 Å². The fraction of sp³-hybridized carbons (Fsp3) is 0.100. The van der Waals surface area contributed by atoms with Gasteiger partial charge >= 0.3 is 0 Å². The van der Waals surface area contributed by atoms with Crippen molar-refractivity contribution in [1.82, 2.24) is 4.98 Å². The van der Waals surface area contributed by atoms with Gasteiger partial charge in [-0.15, -0.1) is 0 Å². The summed E-state index contributed by atoms with van der Waals surface area (Å²) >= 11 is 0. The highest BCUT2D eigenvalue weighted by Gasteiger charge is 2.10. The maximum Gasteiger partial charge on any atom is 0.274 e. The van der Waals surface area contributed by atoms with Gasteiger partial charge in [-0.25, -0.2) is 9.37 Å². The number of pyridine rings is 1. The zero-order chi connectivity index (χ0) is 19.2. The highest BCUT2D eigenvalue weighted by atomic mass is 19.1. The minimum atomic E-state index is -0.425. The number of benzene rings is 2. The lowest BCUT2D eigenvalue weighted by atomic mass is 10.2. The Bertz CT molecular complexity index is 945. The van der Waals surface area contributed by atoms with E-state index in [9.17, 15) is 9.18 Å². The monoisotopic (exact) mass is 367 g/mol. The van der Waals surface area contributed by atoms with Gasteiger partial charge in [-0.3, -0.25) is 4.79 Å². The van der Waals surface area contributed by atoms with Crippen LogP contribution in [0.5, 0.6) is 11.5 Å². The van der Waals surface area contributed by atoms with Crippen molar-refractivity contribution in [1.29, 1.82) is 0 Å². The summed E-state index contributed by atoms with van der Waals surface area (Å²) in [6, 6.07) is 14.3. The second-order valence-corrected chi connectivity index (χ2v) is 5.59. The van der Waals surface area contributed by atoms with Gasteiger partial charge in [0.2, 0.25) is 0 Å². The minimum absolute atomic E-state index is 0.211. The molecule has 0 atom stereocenters. The summed E-state index contributed by atoms with van der Waals surface area (Å²) in [6.45, 7) is 0. The molecule has 3 rings (SSSR count). The first-order valence-corrected chi connectivity index (χ1v) is 8.11. The Kier molecular flexibility index (Phi) is 5.51. The van der Waals surface area contributed by atoms with Crippen LogP contribution in [0.25, 0.3) is 0 Å². The largest absolute Gasteiger partial charge is 0.497 e. The average molecular weight is 367 g/mol. The van der Waals surface area contributed by atoms with Crippen molar-refractivity contribution >= 4 is 23.0 Å². The van der Waals surface area contributed by atoms with E-state index in [-0.39, 0.29) is 5.69 Å². The summed E-state index contributed by atoms with van der Waals surface area (Å²) in [6.07, 6.45) is 1.53. The van der Waals surface area contributed by atoms with Crippen LogP contribution in [0.4, 0.5) is 21.5 Å². The number of nitrogens with one attached hydrogen (secondary N) is 2. The van der Waals surface area contributed by atoms with Gasteiger partial charge in [0.1, 0.15) is 23.0 Å². The smallest absolute Gasteiger partial charge is 0.274 e. The van der Waals surface area contributed by atoms with E-state index in [2.05, 4.69) is 15.6 Å². The number of anilines is 3. The van der Waals surface area contributed by atoms with Gasteiger partial charge in [-0.2, -0.15) is 0 Å². The first kappa shape index (κ1) is 18.2. The van der Waals surface area contributed by atoms with Crippen molar-refractivity contribution in [3.05, 3.63) is 72.3 Å². The third kappa shape index (κ3) is 4.52. The molecule has 0 saturated heterocycles. The number of nitrogens with zero attached hydrogens (tertiary/aromatic N) is 1. The fourth-order valence-corrected chi connectivity index (χ4v) is 2.43. The van der Waals surface area contributed by atoms with E-state index in [1.54, 1.807) is 50.6 Å². The third-order valence-electron chi connectivity index (χ3n) is 3.76. The van der Waals surface area contributed by atoms with Gasteiger partial charge < -0.3 is 20.1 Å². The number of methoxy groups -OCH3 is 2. The summed E-state index contributed by atoms with van der Waals surface area (Å²) in [7, 11) is 3.16. The molecule has 2 aromatic carbocycles. The number of ether oxygens (including phenoxy) is 2. The molecule has 1 amide bonds. The van der Waals surface area contributed by atoms with Crippen molar-refractivity contribution in [2.75, 3.05) is 24.9 Å². The molecular weight excluding hydrogens is 349 g/mol. The van der Waals surface area contributed by atoms with E-state index in [0.29, 0.717) is 28.6 Å². The van der Waals surface area contributed by atoms with Crippen molar-refractivity contribution in [3.63, 3.8) is 0 Å². The predicted octanol–water partition coefficient (Wildman–Crippen LogP) is 4.23. The quantitative estimate of drug-likeness (QED) is 0.682. The maximum atomic E-state index is 13.2. The lowest BCUT2D eigenvalue weighted by molar-refractivity contribution is 0.102. The first-order valence-electron chi connectivity index (χ1n) is 8.11. The normalized spacial score (nSPS) is 10.2. The average Bonchev–Trinajstić information content (AvgIpc) is 2.68. The molecule has 1 heterocycles. The van der Waals surface area contributed by atoms with Crippen LogP contribution in [0.1, 0.15) is 10.5 Å². The van der Waals surface area contributed by atoms with Crippen molar-refractivity contribution < 1.29 is 18.7 Å². The van der Waals surface area contributed by atoms with Gasteiger partial charge in [0.25, 0.3) is 5.91 Å². The summed E-state index contributed by atoms with van der Waals surface area (Å²) in [5.41, 5.74) is 1.95. The van der Waals surface area contributed by atoms with Gasteiger partial charge in [0, 0.05) is 11.8 Å². The Morgan fingerprint density at radius 2 is 1.85 bits per heavy atom. The molecule has 0 spiro atoms. The molecule has 138 valence electrons. The standard InChI is InChI=1S/C20H18FN3O3/c1-26-16-7-9-19(27-2)18(11-16)23-15-6-8-17(22-12-15)20(25)24-14-5-3-4-13(21)10-14/h3-12,23H,1-2H3,(H,24,25). The molecule has 2 N–H and O–H groups in total. The molecule has 0 aliphatic rings. The molecule has 3 aromatic rings. The van der Waals surface area contributed by atoms with E-state index in [0.717, 1.165) is 0 Å². The molecule has 0 bridgehead atoms. The van der Waals surface area contributed by atoms with E-state index in [1.165, 1.54) is 24.4 Å². The molecule has 0 fully saturated rings. The van der Waals surface area contributed by atoms with Crippen LogP contribution in [-0.4, -0.2) is 25.1 Å². The van der Waals surface area contributed by atoms with E-state index in [1.807, 2.05) is 0 Å². The first-order chi connectivity index (χ1) is 13.1. The maximum absolute atomic E-state index is 13.2. The van der Waals surface area contributed by atoms with Crippen LogP contribution in [-0.2, 0) is 0 Å².